The first-order valence-corrected chi connectivity index (χ1v) is 10.8. The second kappa shape index (κ2) is 10.2. The number of amides is 4. The van der Waals surface area contributed by atoms with Gasteiger partial charge in [0.15, 0.2) is 0 Å². The van der Waals surface area contributed by atoms with Crippen LogP contribution in [0.4, 0.5) is 14.9 Å². The van der Waals surface area contributed by atoms with Crippen LogP contribution in [0.2, 0.25) is 5.02 Å². The molecule has 1 aromatic rings. The van der Waals surface area contributed by atoms with Gasteiger partial charge in [-0.25, -0.2) is 9.18 Å². The van der Waals surface area contributed by atoms with E-state index in [4.69, 9.17) is 16.3 Å². The largest absolute Gasteiger partial charge is 0.446 e. The van der Waals surface area contributed by atoms with Gasteiger partial charge in [0.25, 0.3) is 11.8 Å². The van der Waals surface area contributed by atoms with Gasteiger partial charge in [-0.3, -0.25) is 24.5 Å². The van der Waals surface area contributed by atoms with Crippen molar-refractivity contribution in [2.24, 2.45) is 5.92 Å². The van der Waals surface area contributed by atoms with Crippen molar-refractivity contribution in [3.05, 3.63) is 28.5 Å². The van der Waals surface area contributed by atoms with Crippen molar-refractivity contribution in [3.8, 4) is 0 Å². The van der Waals surface area contributed by atoms with Gasteiger partial charge in [-0.2, -0.15) is 0 Å². The zero-order valence-corrected chi connectivity index (χ0v) is 18.8. The molecule has 4 N–H and O–H groups in total. The molecule has 10 nitrogen and oxygen atoms in total. The molecule has 0 spiro atoms. The van der Waals surface area contributed by atoms with Crippen LogP contribution in [0.3, 0.4) is 0 Å². The molecule has 0 aromatic heterocycles. The van der Waals surface area contributed by atoms with Crippen LogP contribution >= 0.6 is 11.6 Å². The molecule has 3 rings (SSSR count). The molecule has 1 heterocycles. The number of Topliss-reactive ketones (excluding diaryl/α,β-unsaturated/α-hetero) is 1. The average molecular weight is 483 g/mol. The fraction of sp³-hybridized carbons (Fsp3) is 0.476. The van der Waals surface area contributed by atoms with Gasteiger partial charge in [0, 0.05) is 19.0 Å². The van der Waals surface area contributed by atoms with Gasteiger partial charge in [-0.1, -0.05) is 11.6 Å². The van der Waals surface area contributed by atoms with Gasteiger partial charge < -0.3 is 20.7 Å². The van der Waals surface area contributed by atoms with Crippen molar-refractivity contribution < 1.29 is 33.1 Å². The number of ketones is 1. The highest BCUT2D eigenvalue weighted by Gasteiger charge is 2.36. The Morgan fingerprint density at radius 1 is 1.27 bits per heavy atom. The Kier molecular flexibility index (Phi) is 7.52. The SMILES string of the molecule is CNC(=O)C(=O)C(C[C@@H]1C[C@@H](C)NC1=O)NC(=O)c1cc(F)c(Cl)cc1NC(=O)OC1CC1. The lowest BCUT2D eigenvalue weighted by atomic mass is 9.93. The molecular formula is C21H24ClFN4O6. The Hall–Kier alpha value is -3.21. The molecule has 0 radical (unpaired) electrons. The van der Waals surface area contributed by atoms with E-state index < -0.39 is 41.5 Å². The lowest BCUT2D eigenvalue weighted by Gasteiger charge is -2.20. The molecular weight excluding hydrogens is 459 g/mol. The molecule has 0 bridgehead atoms. The number of carbonyl (C=O) groups excluding carboxylic acids is 5. The van der Waals surface area contributed by atoms with E-state index in [1.165, 1.54) is 7.05 Å². The molecule has 12 heteroatoms. The lowest BCUT2D eigenvalue weighted by molar-refractivity contribution is -0.139. The van der Waals surface area contributed by atoms with Crippen LogP contribution in [0.15, 0.2) is 12.1 Å². The first kappa shape index (κ1) is 24.4. The maximum absolute atomic E-state index is 14.1. The molecule has 4 amide bonds. The number of benzene rings is 1. The summed E-state index contributed by atoms with van der Waals surface area (Å²) in [5.74, 6) is -4.70. The van der Waals surface area contributed by atoms with E-state index in [0.29, 0.717) is 6.42 Å². The smallest absolute Gasteiger partial charge is 0.411 e. The maximum Gasteiger partial charge on any atom is 0.411 e. The highest BCUT2D eigenvalue weighted by atomic mass is 35.5. The van der Waals surface area contributed by atoms with E-state index in [1.807, 2.05) is 0 Å². The van der Waals surface area contributed by atoms with Crippen LogP contribution < -0.4 is 21.3 Å². The van der Waals surface area contributed by atoms with Crippen LogP contribution in [0, 0.1) is 11.7 Å². The number of halogens is 2. The van der Waals surface area contributed by atoms with E-state index in [9.17, 15) is 28.4 Å². The third-order valence-electron chi connectivity index (χ3n) is 5.33. The standard InChI is InChI=1S/C21H24ClFN4O6/c1-9-5-10(18(29)25-9)6-16(17(28)20(31)24-2)26-19(30)12-7-14(23)13(22)8-15(12)27-21(32)33-11-3-4-11/h7-11,16H,3-6H2,1-2H3,(H,24,31)(H,25,29)(H,26,30)(H,27,32)/t9-,10+,16?/m1/s1. The number of ether oxygens (including phenoxy) is 1. The molecule has 2 fully saturated rings. The molecule has 2 aliphatic rings. The maximum atomic E-state index is 14.1. The highest BCUT2D eigenvalue weighted by molar-refractivity contribution is 6.38. The third-order valence-corrected chi connectivity index (χ3v) is 5.62. The molecule has 1 aliphatic carbocycles. The molecule has 3 atom stereocenters. The number of hydrogen-bond donors (Lipinski definition) is 4. The van der Waals surface area contributed by atoms with Crippen molar-refractivity contribution in [3.63, 3.8) is 0 Å². The summed E-state index contributed by atoms with van der Waals surface area (Å²) in [4.78, 5) is 61.7. The summed E-state index contributed by atoms with van der Waals surface area (Å²) in [6.45, 7) is 1.79. The van der Waals surface area contributed by atoms with E-state index in [-0.39, 0.29) is 40.7 Å². The predicted molar refractivity (Wildman–Crippen MR) is 115 cm³/mol. The summed E-state index contributed by atoms with van der Waals surface area (Å²) in [5.41, 5.74) is -0.466. The number of nitrogens with one attached hydrogen (secondary N) is 4. The van der Waals surface area contributed by atoms with Gasteiger partial charge in [0.1, 0.15) is 11.9 Å². The molecule has 1 unspecified atom stereocenters. The van der Waals surface area contributed by atoms with E-state index in [2.05, 4.69) is 21.3 Å². The number of likely N-dealkylation sites (N-methyl/N-ethyl adjacent to an activating group) is 1. The van der Waals surface area contributed by atoms with Crippen molar-refractivity contribution >= 4 is 46.9 Å². The Morgan fingerprint density at radius 3 is 2.55 bits per heavy atom. The number of anilines is 1. The van der Waals surface area contributed by atoms with Crippen molar-refractivity contribution in [1.82, 2.24) is 16.0 Å². The Labute approximate surface area is 193 Å². The fourth-order valence-electron chi connectivity index (χ4n) is 3.50. The monoisotopic (exact) mass is 482 g/mol. The van der Waals surface area contributed by atoms with E-state index in [1.54, 1.807) is 6.92 Å². The zero-order valence-electron chi connectivity index (χ0n) is 18.0. The highest BCUT2D eigenvalue weighted by Crippen LogP contribution is 2.28. The van der Waals surface area contributed by atoms with Gasteiger partial charge in [0.05, 0.1) is 22.3 Å². The quantitative estimate of drug-likeness (QED) is 0.414. The number of hydrogen-bond acceptors (Lipinski definition) is 6. The minimum atomic E-state index is -1.36. The van der Waals surface area contributed by atoms with Crippen molar-refractivity contribution in [2.75, 3.05) is 12.4 Å². The van der Waals surface area contributed by atoms with Crippen molar-refractivity contribution in [1.29, 1.82) is 0 Å². The van der Waals surface area contributed by atoms with Gasteiger partial charge in [-0.05, 0) is 44.7 Å². The Bertz CT molecular complexity index is 999. The van der Waals surface area contributed by atoms with Crippen LogP contribution in [0.1, 0.15) is 43.0 Å². The fourth-order valence-corrected chi connectivity index (χ4v) is 3.67. The second-order valence-electron chi connectivity index (χ2n) is 8.09. The minimum absolute atomic E-state index is 0.118. The first-order chi connectivity index (χ1) is 15.6. The van der Waals surface area contributed by atoms with Crippen LogP contribution in [0.25, 0.3) is 0 Å². The summed E-state index contributed by atoms with van der Waals surface area (Å²) >= 11 is 5.80. The van der Waals surface area contributed by atoms with Crippen LogP contribution in [-0.4, -0.2) is 54.8 Å². The molecule has 1 saturated carbocycles. The summed E-state index contributed by atoms with van der Waals surface area (Å²) in [6, 6.07) is 0.369. The minimum Gasteiger partial charge on any atom is -0.446 e. The average Bonchev–Trinajstić information content (AvgIpc) is 3.51. The topological polar surface area (TPSA) is 143 Å². The summed E-state index contributed by atoms with van der Waals surface area (Å²) < 4.78 is 19.2. The normalized spacial score (nSPS) is 20.4. The van der Waals surface area contributed by atoms with Crippen LogP contribution in [-0.2, 0) is 19.1 Å². The summed E-state index contributed by atoms with van der Waals surface area (Å²) in [5, 5.41) is 9.31. The first-order valence-electron chi connectivity index (χ1n) is 10.4. The summed E-state index contributed by atoms with van der Waals surface area (Å²) in [6.07, 6.45) is 0.679. The van der Waals surface area contributed by atoms with Crippen molar-refractivity contribution in [2.45, 2.75) is 50.8 Å². The summed E-state index contributed by atoms with van der Waals surface area (Å²) in [7, 11) is 1.26. The van der Waals surface area contributed by atoms with Gasteiger partial charge in [-0.15, -0.1) is 0 Å². The van der Waals surface area contributed by atoms with Gasteiger partial charge >= 0.3 is 6.09 Å². The lowest BCUT2D eigenvalue weighted by Crippen LogP contribution is -2.48. The number of rotatable bonds is 8. The second-order valence-corrected chi connectivity index (χ2v) is 8.50. The Morgan fingerprint density at radius 2 is 1.97 bits per heavy atom. The third kappa shape index (κ3) is 6.19. The molecule has 1 saturated heterocycles. The molecule has 1 aliphatic heterocycles. The molecule has 178 valence electrons. The van der Waals surface area contributed by atoms with Gasteiger partial charge in [0.2, 0.25) is 11.7 Å². The predicted octanol–water partition coefficient (Wildman–Crippen LogP) is 1.52. The van der Waals surface area contributed by atoms with E-state index in [0.717, 1.165) is 25.0 Å². The Balaban J connectivity index is 1.83. The number of carbonyl (C=O) groups is 5. The zero-order chi connectivity index (χ0) is 24.3. The van der Waals surface area contributed by atoms with E-state index >= 15 is 0 Å². The molecule has 33 heavy (non-hydrogen) atoms. The van der Waals surface area contributed by atoms with Crippen LogP contribution in [0.5, 0.6) is 0 Å². The molecule has 1 aromatic carbocycles.